The van der Waals surface area contributed by atoms with Crippen molar-refractivity contribution in [2.24, 2.45) is 17.8 Å². The van der Waals surface area contributed by atoms with Crippen LogP contribution in [-0.4, -0.2) is 34.2 Å². The van der Waals surface area contributed by atoms with Crippen LogP contribution in [0.4, 0.5) is 0 Å². The molecule has 1 amide bonds. The van der Waals surface area contributed by atoms with E-state index in [1.54, 1.807) is 30.9 Å². The van der Waals surface area contributed by atoms with Crippen LogP contribution < -0.4 is 5.73 Å². The molecule has 1 atom stereocenters. The number of guanidine groups is 1. The second kappa shape index (κ2) is 5.08. The minimum absolute atomic E-state index is 0.0716. The molecular weight excluding hydrogens is 292 g/mol. The van der Waals surface area contributed by atoms with Crippen molar-refractivity contribution in [1.82, 2.24) is 9.47 Å². The molecule has 0 spiro atoms. The van der Waals surface area contributed by atoms with Gasteiger partial charge >= 0.3 is 0 Å². The van der Waals surface area contributed by atoms with Crippen LogP contribution in [0, 0.1) is 0 Å². The minimum atomic E-state index is -1.24. The summed E-state index contributed by atoms with van der Waals surface area (Å²) in [7, 11) is 3.37. The van der Waals surface area contributed by atoms with Crippen molar-refractivity contribution >= 4 is 17.6 Å². The minimum Gasteiger partial charge on any atom is -0.369 e. The van der Waals surface area contributed by atoms with Crippen LogP contribution in [0.1, 0.15) is 28.5 Å². The fourth-order valence-electron chi connectivity index (χ4n) is 2.98. The Morgan fingerprint density at radius 3 is 2.30 bits per heavy atom. The highest BCUT2D eigenvalue weighted by Crippen LogP contribution is 2.39. The Labute approximate surface area is 134 Å². The largest absolute Gasteiger partial charge is 0.369 e. The van der Waals surface area contributed by atoms with Gasteiger partial charge < -0.3 is 10.3 Å². The maximum absolute atomic E-state index is 13.0. The number of likely N-dealkylation sites (N-methyl/N-ethyl adjacent to an activating group) is 1. The van der Waals surface area contributed by atoms with Crippen molar-refractivity contribution in [3.05, 3.63) is 59.4 Å². The Kier molecular flexibility index (Phi) is 3.32. The molecule has 0 radical (unpaired) electrons. The monoisotopic (exact) mass is 310 g/mol. The molecule has 6 nitrogen and oxygen atoms in total. The molecule has 0 unspecified atom stereocenters. The lowest BCUT2D eigenvalue weighted by atomic mass is 9.84. The summed E-state index contributed by atoms with van der Waals surface area (Å²) in [5.74, 6) is -0.147. The van der Waals surface area contributed by atoms with Crippen LogP contribution in [0.5, 0.6) is 0 Å². The number of benzene rings is 1. The number of nitrogens with zero attached hydrogens (tertiary/aromatic N) is 3. The number of aryl methyl sites for hydroxylation is 1. The standard InChI is InChI=1S/C17H18N4O2/c1-11(22)14-9-13(10-20(14)2)17(12-7-5-4-6-8-12)15(23)21(3)16(18)19-17/h4-10H,1-3H3,(H2,18,19)/t17-/m0/s1. The molecule has 1 aliphatic heterocycles. The van der Waals surface area contributed by atoms with Crippen molar-refractivity contribution in [2.75, 3.05) is 7.05 Å². The molecule has 0 saturated carbocycles. The number of ketones is 1. The first-order chi connectivity index (χ1) is 10.9. The zero-order chi connectivity index (χ0) is 16.8. The molecule has 0 fully saturated rings. The summed E-state index contributed by atoms with van der Waals surface area (Å²) >= 11 is 0. The van der Waals surface area contributed by atoms with Gasteiger partial charge in [-0.25, -0.2) is 4.99 Å². The lowest BCUT2D eigenvalue weighted by Gasteiger charge is -2.24. The molecule has 2 N–H and O–H groups in total. The van der Waals surface area contributed by atoms with E-state index >= 15 is 0 Å². The zero-order valence-corrected chi connectivity index (χ0v) is 13.3. The second-order valence-corrected chi connectivity index (χ2v) is 5.69. The molecular formula is C17H18N4O2. The zero-order valence-electron chi connectivity index (χ0n) is 13.3. The van der Waals surface area contributed by atoms with E-state index in [-0.39, 0.29) is 17.6 Å². The summed E-state index contributed by atoms with van der Waals surface area (Å²) in [4.78, 5) is 30.6. The van der Waals surface area contributed by atoms with Crippen molar-refractivity contribution in [3.8, 4) is 0 Å². The van der Waals surface area contributed by atoms with Gasteiger partial charge in [0.25, 0.3) is 5.91 Å². The molecule has 23 heavy (non-hydrogen) atoms. The average molecular weight is 310 g/mol. The van der Waals surface area contributed by atoms with Crippen LogP contribution in [0.3, 0.4) is 0 Å². The Morgan fingerprint density at radius 2 is 1.83 bits per heavy atom. The summed E-state index contributed by atoms with van der Waals surface area (Å²) < 4.78 is 1.71. The third-order valence-corrected chi connectivity index (χ3v) is 4.22. The number of Topliss-reactive ketones (excluding diaryl/α,β-unsaturated/α-hetero) is 1. The van der Waals surface area contributed by atoms with Crippen molar-refractivity contribution in [3.63, 3.8) is 0 Å². The highest BCUT2D eigenvalue weighted by Gasteiger charge is 2.50. The molecule has 0 bridgehead atoms. The summed E-state index contributed by atoms with van der Waals surface area (Å²) in [6, 6.07) is 11.0. The summed E-state index contributed by atoms with van der Waals surface area (Å²) in [6.07, 6.45) is 1.76. The summed E-state index contributed by atoms with van der Waals surface area (Å²) in [5.41, 5.74) is 6.53. The molecule has 118 valence electrons. The van der Waals surface area contributed by atoms with Gasteiger partial charge in [0, 0.05) is 32.8 Å². The number of rotatable bonds is 3. The van der Waals surface area contributed by atoms with E-state index in [0.717, 1.165) is 5.56 Å². The third kappa shape index (κ3) is 2.06. The number of hydrogen-bond acceptors (Lipinski definition) is 4. The van der Waals surface area contributed by atoms with E-state index in [0.29, 0.717) is 11.3 Å². The second-order valence-electron chi connectivity index (χ2n) is 5.69. The predicted molar refractivity (Wildman–Crippen MR) is 87.0 cm³/mol. The van der Waals surface area contributed by atoms with Gasteiger partial charge in [-0.15, -0.1) is 0 Å². The fourth-order valence-corrected chi connectivity index (χ4v) is 2.98. The van der Waals surface area contributed by atoms with Gasteiger partial charge in [-0.3, -0.25) is 14.5 Å². The van der Waals surface area contributed by atoms with E-state index < -0.39 is 5.54 Å². The highest BCUT2D eigenvalue weighted by molar-refractivity contribution is 6.09. The summed E-state index contributed by atoms with van der Waals surface area (Å²) in [5, 5.41) is 0. The third-order valence-electron chi connectivity index (χ3n) is 4.22. The van der Waals surface area contributed by atoms with Gasteiger partial charge in [0.15, 0.2) is 17.3 Å². The van der Waals surface area contributed by atoms with Crippen LogP contribution in [0.15, 0.2) is 47.6 Å². The topological polar surface area (TPSA) is 80.7 Å². The Balaban J connectivity index is 2.29. The van der Waals surface area contributed by atoms with Gasteiger partial charge in [0.1, 0.15) is 0 Å². The molecule has 2 heterocycles. The van der Waals surface area contributed by atoms with Crippen LogP contribution in [0.25, 0.3) is 0 Å². The molecule has 2 aromatic rings. The van der Waals surface area contributed by atoms with E-state index in [4.69, 9.17) is 5.73 Å². The van der Waals surface area contributed by atoms with Gasteiger partial charge in [0.2, 0.25) is 0 Å². The van der Waals surface area contributed by atoms with Crippen LogP contribution in [-0.2, 0) is 17.4 Å². The van der Waals surface area contributed by atoms with Gasteiger partial charge in [0.05, 0.1) is 5.69 Å². The normalized spacial score (nSPS) is 20.7. The number of carbonyl (C=O) groups is 2. The Morgan fingerprint density at radius 1 is 1.17 bits per heavy atom. The number of amides is 1. The quantitative estimate of drug-likeness (QED) is 0.867. The van der Waals surface area contributed by atoms with Gasteiger partial charge in [-0.2, -0.15) is 0 Å². The average Bonchev–Trinajstić information content (AvgIpc) is 3.03. The fraction of sp³-hybridized carbons (Fsp3) is 0.235. The Hall–Kier alpha value is -2.89. The molecule has 0 aliphatic carbocycles. The van der Waals surface area contributed by atoms with Crippen molar-refractivity contribution in [1.29, 1.82) is 0 Å². The lowest BCUT2D eigenvalue weighted by Crippen LogP contribution is -2.41. The van der Waals surface area contributed by atoms with Crippen molar-refractivity contribution in [2.45, 2.75) is 12.5 Å². The predicted octanol–water partition coefficient (Wildman–Crippen LogP) is 1.26. The maximum Gasteiger partial charge on any atom is 0.266 e. The number of hydrogen-bond donors (Lipinski definition) is 1. The molecule has 0 saturated heterocycles. The highest BCUT2D eigenvalue weighted by atomic mass is 16.2. The number of aromatic nitrogens is 1. The van der Waals surface area contributed by atoms with E-state index in [9.17, 15) is 9.59 Å². The Bertz CT molecular complexity index is 822. The molecule has 1 aliphatic rings. The smallest absolute Gasteiger partial charge is 0.266 e. The molecule has 1 aromatic heterocycles. The maximum atomic E-state index is 13.0. The van der Waals surface area contributed by atoms with Crippen LogP contribution >= 0.6 is 0 Å². The van der Waals surface area contributed by atoms with Crippen LogP contribution in [0.2, 0.25) is 0 Å². The molecule has 1 aromatic carbocycles. The number of nitrogens with two attached hydrogens (primary N) is 1. The van der Waals surface area contributed by atoms with Gasteiger partial charge in [-0.05, 0) is 11.6 Å². The SMILES string of the molecule is CC(=O)c1cc([C@]2(c3ccccc3)N=C(N)N(C)C2=O)cn1C. The van der Waals surface area contributed by atoms with E-state index in [1.807, 2.05) is 30.3 Å². The molecule has 6 heteroatoms. The summed E-state index contributed by atoms with van der Waals surface area (Å²) in [6.45, 7) is 1.49. The number of aliphatic imine (C=N–C) groups is 1. The van der Waals surface area contributed by atoms with E-state index in [2.05, 4.69) is 4.99 Å². The molecule has 3 rings (SSSR count). The van der Waals surface area contributed by atoms with Gasteiger partial charge in [-0.1, -0.05) is 30.3 Å². The van der Waals surface area contributed by atoms with Crippen molar-refractivity contribution < 1.29 is 9.59 Å². The first kappa shape index (κ1) is 15.0. The van der Waals surface area contributed by atoms with E-state index in [1.165, 1.54) is 11.8 Å². The first-order valence-corrected chi connectivity index (χ1v) is 7.24. The first-order valence-electron chi connectivity index (χ1n) is 7.24. The lowest BCUT2D eigenvalue weighted by molar-refractivity contribution is -0.129. The number of carbonyl (C=O) groups excluding carboxylic acids is 2.